The molecule has 1 amide bonds. The Labute approximate surface area is 245 Å². The maximum atomic E-state index is 14.5. The van der Waals surface area contributed by atoms with Gasteiger partial charge in [0.15, 0.2) is 0 Å². The quantitative estimate of drug-likeness (QED) is 0.392. The Bertz CT molecular complexity index is 1390. The number of carbonyl (C=O) groups is 1. The molecule has 3 aliphatic rings. The van der Waals surface area contributed by atoms with E-state index >= 15 is 0 Å². The van der Waals surface area contributed by atoms with Crippen molar-refractivity contribution in [1.29, 1.82) is 0 Å². The summed E-state index contributed by atoms with van der Waals surface area (Å²) in [7, 11) is 1.54. The van der Waals surface area contributed by atoms with Crippen molar-refractivity contribution in [1.82, 2.24) is 29.7 Å². The zero-order valence-electron chi connectivity index (χ0n) is 24.6. The van der Waals surface area contributed by atoms with E-state index in [9.17, 15) is 9.18 Å². The second kappa shape index (κ2) is 12.5. The lowest BCUT2D eigenvalue weighted by molar-refractivity contribution is -0.0716. The van der Waals surface area contributed by atoms with Crippen molar-refractivity contribution in [3.05, 3.63) is 36.3 Å². The fraction of sp³-hybridized carbons (Fsp3) is 0.600. The number of methoxy groups -OCH3 is 1. The van der Waals surface area contributed by atoms with E-state index in [1.807, 2.05) is 17.2 Å². The third kappa shape index (κ3) is 5.93. The highest BCUT2D eigenvalue weighted by atomic mass is 19.1. The molecule has 0 saturated carbocycles. The Morgan fingerprint density at radius 1 is 1.19 bits per heavy atom. The number of piperidine rings is 2. The molecule has 0 spiro atoms. The predicted octanol–water partition coefficient (Wildman–Crippen LogP) is 3.70. The summed E-state index contributed by atoms with van der Waals surface area (Å²) in [5.74, 6) is 1.58. The van der Waals surface area contributed by atoms with Crippen molar-refractivity contribution in [2.75, 3.05) is 56.7 Å². The molecule has 3 fully saturated rings. The van der Waals surface area contributed by atoms with Crippen LogP contribution < -0.4 is 15.5 Å². The number of alkyl halides is 1. The fourth-order valence-corrected chi connectivity index (χ4v) is 6.09. The molecule has 0 radical (unpaired) electrons. The molecular weight excluding hydrogens is 539 g/mol. The van der Waals surface area contributed by atoms with Crippen LogP contribution in [0.15, 0.2) is 30.7 Å². The average molecular weight is 581 g/mol. The average Bonchev–Trinajstić information content (AvgIpc) is 3.36. The highest BCUT2D eigenvalue weighted by molar-refractivity contribution is 6.07. The van der Waals surface area contributed by atoms with Gasteiger partial charge in [0, 0.05) is 68.9 Å². The summed E-state index contributed by atoms with van der Waals surface area (Å²) in [6.07, 6.45) is 7.27. The zero-order chi connectivity index (χ0) is 29.2. The second-order valence-corrected chi connectivity index (χ2v) is 11.7. The molecule has 0 aliphatic carbocycles. The third-order valence-electron chi connectivity index (χ3n) is 9.00. The molecular formula is C30H41FN8O3. The van der Waals surface area contributed by atoms with Crippen LogP contribution in [-0.4, -0.2) is 101 Å². The SMILES string of the molecule is CCC(C)n1cc(C(=O)NC2CCN(C3COC3)CC2)c2cnc(Nc3ccnc(N4CCC(OC)C(F)C4)n3)cc21. The molecule has 2 N–H and O–H groups in total. The topological polar surface area (TPSA) is 110 Å². The number of halogens is 1. The van der Waals surface area contributed by atoms with Crippen molar-refractivity contribution in [2.24, 2.45) is 0 Å². The van der Waals surface area contributed by atoms with Gasteiger partial charge in [-0.1, -0.05) is 6.92 Å². The van der Waals surface area contributed by atoms with Crippen LogP contribution in [0.25, 0.3) is 10.9 Å². The first-order chi connectivity index (χ1) is 20.4. The van der Waals surface area contributed by atoms with Crippen LogP contribution >= 0.6 is 0 Å². The lowest BCUT2D eigenvalue weighted by Crippen LogP contribution is -2.54. The highest BCUT2D eigenvalue weighted by Crippen LogP contribution is 2.29. The minimum Gasteiger partial charge on any atom is -0.378 e. The van der Waals surface area contributed by atoms with Gasteiger partial charge in [-0.05, 0) is 38.7 Å². The molecule has 3 atom stereocenters. The van der Waals surface area contributed by atoms with Gasteiger partial charge in [0.25, 0.3) is 5.91 Å². The van der Waals surface area contributed by atoms with Crippen LogP contribution in [-0.2, 0) is 9.47 Å². The Balaban J connectivity index is 1.18. The van der Waals surface area contributed by atoms with Gasteiger partial charge in [-0.3, -0.25) is 9.69 Å². The number of nitrogens with one attached hydrogen (secondary N) is 2. The molecule has 3 aliphatic heterocycles. The van der Waals surface area contributed by atoms with Gasteiger partial charge in [0.2, 0.25) is 5.95 Å². The van der Waals surface area contributed by atoms with Crippen LogP contribution in [0, 0.1) is 0 Å². The van der Waals surface area contributed by atoms with Crippen molar-refractivity contribution >= 4 is 34.4 Å². The fourth-order valence-electron chi connectivity index (χ4n) is 6.09. The Hall–Kier alpha value is -3.35. The molecule has 3 saturated heterocycles. The zero-order valence-corrected chi connectivity index (χ0v) is 24.6. The number of hydrogen-bond donors (Lipinski definition) is 2. The van der Waals surface area contributed by atoms with Gasteiger partial charge in [0.1, 0.15) is 17.8 Å². The van der Waals surface area contributed by atoms with E-state index in [-0.39, 0.29) is 24.5 Å². The lowest BCUT2D eigenvalue weighted by Gasteiger charge is -2.41. The summed E-state index contributed by atoms with van der Waals surface area (Å²) >= 11 is 0. The van der Waals surface area contributed by atoms with Gasteiger partial charge in [0.05, 0.1) is 43.0 Å². The summed E-state index contributed by atoms with van der Waals surface area (Å²) in [5, 5.41) is 7.39. The number of ether oxygens (including phenoxy) is 2. The van der Waals surface area contributed by atoms with E-state index in [1.54, 1.807) is 25.6 Å². The molecule has 6 heterocycles. The van der Waals surface area contributed by atoms with E-state index in [4.69, 9.17) is 9.47 Å². The smallest absolute Gasteiger partial charge is 0.253 e. The molecule has 11 nitrogen and oxygen atoms in total. The first-order valence-corrected chi connectivity index (χ1v) is 15.1. The Morgan fingerprint density at radius 2 is 2.00 bits per heavy atom. The number of pyridine rings is 1. The molecule has 0 bridgehead atoms. The molecule has 3 aromatic heterocycles. The van der Waals surface area contributed by atoms with Crippen molar-refractivity contribution in [2.45, 2.75) is 69.9 Å². The van der Waals surface area contributed by atoms with Crippen molar-refractivity contribution in [3.8, 4) is 0 Å². The molecule has 3 unspecified atom stereocenters. The molecule has 42 heavy (non-hydrogen) atoms. The minimum absolute atomic E-state index is 0.0566. The number of carbonyl (C=O) groups excluding carboxylic acids is 1. The van der Waals surface area contributed by atoms with E-state index in [0.717, 1.165) is 56.5 Å². The number of fused-ring (bicyclic) bond motifs is 1. The maximum absolute atomic E-state index is 14.5. The van der Waals surface area contributed by atoms with E-state index < -0.39 is 12.3 Å². The number of amides is 1. The van der Waals surface area contributed by atoms with Crippen LogP contribution in [0.1, 0.15) is 55.9 Å². The largest absolute Gasteiger partial charge is 0.378 e. The lowest BCUT2D eigenvalue weighted by atomic mass is 10.0. The summed E-state index contributed by atoms with van der Waals surface area (Å²) in [6.45, 7) is 8.70. The van der Waals surface area contributed by atoms with Gasteiger partial charge < -0.3 is 29.6 Å². The van der Waals surface area contributed by atoms with Gasteiger partial charge >= 0.3 is 0 Å². The number of nitrogens with zero attached hydrogens (tertiary/aromatic N) is 6. The second-order valence-electron chi connectivity index (χ2n) is 11.7. The predicted molar refractivity (Wildman–Crippen MR) is 159 cm³/mol. The normalized spacial score (nSPS) is 23.1. The first-order valence-electron chi connectivity index (χ1n) is 15.1. The third-order valence-corrected chi connectivity index (χ3v) is 9.00. The van der Waals surface area contributed by atoms with E-state index in [0.29, 0.717) is 42.2 Å². The van der Waals surface area contributed by atoms with Crippen molar-refractivity contribution in [3.63, 3.8) is 0 Å². The maximum Gasteiger partial charge on any atom is 0.253 e. The number of aromatic nitrogens is 4. The molecule has 226 valence electrons. The molecule has 12 heteroatoms. The van der Waals surface area contributed by atoms with Gasteiger partial charge in [-0.2, -0.15) is 4.98 Å². The van der Waals surface area contributed by atoms with Crippen LogP contribution in [0.2, 0.25) is 0 Å². The summed E-state index contributed by atoms with van der Waals surface area (Å²) in [4.78, 5) is 31.5. The van der Waals surface area contributed by atoms with Crippen LogP contribution in [0.4, 0.5) is 22.0 Å². The summed E-state index contributed by atoms with van der Waals surface area (Å²) < 4.78 is 27.2. The summed E-state index contributed by atoms with van der Waals surface area (Å²) in [5.41, 5.74) is 1.58. The van der Waals surface area contributed by atoms with Crippen LogP contribution in [0.3, 0.4) is 0 Å². The van der Waals surface area contributed by atoms with Crippen LogP contribution in [0.5, 0.6) is 0 Å². The first kappa shape index (κ1) is 28.8. The van der Waals surface area contributed by atoms with Crippen molar-refractivity contribution < 1.29 is 18.7 Å². The molecule has 3 aromatic rings. The Morgan fingerprint density at radius 3 is 2.69 bits per heavy atom. The minimum atomic E-state index is -1.09. The molecule has 6 rings (SSSR count). The number of hydrogen-bond acceptors (Lipinski definition) is 9. The monoisotopic (exact) mass is 580 g/mol. The summed E-state index contributed by atoms with van der Waals surface area (Å²) in [6, 6.07) is 4.62. The standard InChI is InChI=1S/C30H41FN8O3/c1-4-19(2)39-15-23(29(40)34-20-6-10-37(11-7-20)21-17-42-18-21)22-14-33-28(13-25(22)39)35-27-5-9-32-30(36-27)38-12-8-26(41-3)24(31)16-38/h5,9,13-15,19-21,24,26H,4,6-8,10-12,16-18H2,1-3H3,(H,34,40)(H,32,33,35,36). The number of anilines is 3. The van der Waals surface area contributed by atoms with Gasteiger partial charge in [-0.25, -0.2) is 14.4 Å². The van der Waals surface area contributed by atoms with E-state index in [1.165, 1.54) is 0 Å². The number of likely N-dealkylation sites (tertiary alicyclic amines) is 1. The van der Waals surface area contributed by atoms with Gasteiger partial charge in [-0.15, -0.1) is 0 Å². The number of rotatable bonds is 9. The highest BCUT2D eigenvalue weighted by Gasteiger charge is 2.32. The Kier molecular flexibility index (Phi) is 8.55. The molecule has 0 aromatic carbocycles. The van der Waals surface area contributed by atoms with E-state index in [2.05, 4.69) is 48.9 Å².